The standard InChI is InChI=1S/C21H28N4O3/c1-21(2,3)18(26)10-15(9-14-7-5-4-6-8-14)20(28)25-17(19(22)27)11-16-12-23-13-24-16/h4-8,12-13,15,17H,9-11H2,1-3H3,(H2,22,27)(H,23,24)(H,25,28)/t15-,17?/m1/s1. The first kappa shape index (κ1) is 21.3. The van der Waals surface area contributed by atoms with Gasteiger partial charge in [0.25, 0.3) is 0 Å². The number of hydrogen-bond acceptors (Lipinski definition) is 4. The SMILES string of the molecule is CC(C)(C)C(=O)C[C@@H](Cc1ccccc1)C(=O)NC(Cc1cnc[nH]1)C(N)=O. The van der Waals surface area contributed by atoms with E-state index < -0.39 is 23.3 Å². The lowest BCUT2D eigenvalue weighted by Gasteiger charge is -2.24. The Labute approximate surface area is 165 Å². The fourth-order valence-corrected chi connectivity index (χ4v) is 2.81. The molecule has 7 nitrogen and oxygen atoms in total. The van der Waals surface area contributed by atoms with E-state index in [9.17, 15) is 14.4 Å². The summed E-state index contributed by atoms with van der Waals surface area (Å²) in [4.78, 5) is 44.1. The second kappa shape index (κ2) is 9.30. The normalized spacial score (nSPS) is 13.5. The molecule has 0 radical (unpaired) electrons. The maximum Gasteiger partial charge on any atom is 0.240 e. The van der Waals surface area contributed by atoms with Gasteiger partial charge in [-0.15, -0.1) is 0 Å². The van der Waals surface area contributed by atoms with Gasteiger partial charge in [-0.25, -0.2) is 4.98 Å². The van der Waals surface area contributed by atoms with Crippen LogP contribution < -0.4 is 11.1 Å². The molecule has 28 heavy (non-hydrogen) atoms. The molecule has 0 aliphatic rings. The third kappa shape index (κ3) is 6.33. The number of aromatic amines is 1. The smallest absolute Gasteiger partial charge is 0.240 e. The van der Waals surface area contributed by atoms with Crippen molar-refractivity contribution >= 4 is 17.6 Å². The van der Waals surface area contributed by atoms with Gasteiger partial charge < -0.3 is 16.0 Å². The second-order valence-corrected chi connectivity index (χ2v) is 8.01. The number of carbonyl (C=O) groups excluding carboxylic acids is 3. The fraction of sp³-hybridized carbons (Fsp3) is 0.429. The Hall–Kier alpha value is -2.96. The van der Waals surface area contributed by atoms with E-state index in [-0.39, 0.29) is 24.5 Å². The van der Waals surface area contributed by atoms with Gasteiger partial charge in [0.05, 0.1) is 6.33 Å². The zero-order valence-corrected chi connectivity index (χ0v) is 16.6. The molecule has 2 rings (SSSR count). The molecule has 0 aliphatic heterocycles. The molecule has 0 spiro atoms. The van der Waals surface area contributed by atoms with Gasteiger partial charge in [0.15, 0.2) is 0 Å². The molecule has 0 bridgehead atoms. The van der Waals surface area contributed by atoms with Crippen molar-refractivity contribution in [2.75, 3.05) is 0 Å². The lowest BCUT2D eigenvalue weighted by Crippen LogP contribution is -2.48. The summed E-state index contributed by atoms with van der Waals surface area (Å²) in [6.45, 7) is 5.49. The number of amides is 2. The van der Waals surface area contributed by atoms with Gasteiger partial charge in [0, 0.05) is 36.1 Å². The summed E-state index contributed by atoms with van der Waals surface area (Å²) in [6.07, 6.45) is 3.79. The average Bonchev–Trinajstić information content (AvgIpc) is 3.13. The van der Waals surface area contributed by atoms with Crippen LogP contribution in [0.2, 0.25) is 0 Å². The van der Waals surface area contributed by atoms with Crippen molar-refractivity contribution in [3.63, 3.8) is 0 Å². The maximum absolute atomic E-state index is 13.0. The van der Waals surface area contributed by atoms with Crippen LogP contribution in [0.1, 0.15) is 38.4 Å². The van der Waals surface area contributed by atoms with Crippen molar-refractivity contribution in [2.45, 2.75) is 46.1 Å². The zero-order chi connectivity index (χ0) is 20.7. The van der Waals surface area contributed by atoms with E-state index in [0.29, 0.717) is 12.1 Å². The number of nitrogens with two attached hydrogens (primary N) is 1. The minimum Gasteiger partial charge on any atom is -0.368 e. The summed E-state index contributed by atoms with van der Waals surface area (Å²) in [6, 6.07) is 8.62. The topological polar surface area (TPSA) is 118 Å². The first-order chi connectivity index (χ1) is 13.2. The van der Waals surface area contributed by atoms with Crippen molar-refractivity contribution in [3.8, 4) is 0 Å². The molecule has 1 aromatic heterocycles. The number of primary amides is 1. The highest BCUT2D eigenvalue weighted by molar-refractivity contribution is 5.92. The molecule has 1 unspecified atom stereocenters. The predicted molar refractivity (Wildman–Crippen MR) is 106 cm³/mol. The van der Waals surface area contributed by atoms with Gasteiger partial charge in [-0.2, -0.15) is 0 Å². The highest BCUT2D eigenvalue weighted by Crippen LogP contribution is 2.22. The Morgan fingerprint density at radius 2 is 1.82 bits per heavy atom. The van der Waals surface area contributed by atoms with Crippen LogP contribution in [0.15, 0.2) is 42.9 Å². The number of H-pyrrole nitrogens is 1. The molecule has 2 amide bonds. The van der Waals surface area contributed by atoms with Crippen molar-refractivity contribution in [1.29, 1.82) is 0 Å². The Bertz CT molecular complexity index is 795. The third-order valence-corrected chi connectivity index (χ3v) is 4.60. The third-order valence-electron chi connectivity index (χ3n) is 4.60. The molecule has 0 saturated heterocycles. The van der Waals surface area contributed by atoms with Crippen LogP contribution in [0, 0.1) is 11.3 Å². The summed E-state index contributed by atoms with van der Waals surface area (Å²) in [5.41, 5.74) is 6.56. The summed E-state index contributed by atoms with van der Waals surface area (Å²) in [5.74, 6) is -1.58. The summed E-state index contributed by atoms with van der Waals surface area (Å²) in [5, 5.41) is 2.72. The molecule has 0 saturated carbocycles. The lowest BCUT2D eigenvalue weighted by atomic mass is 9.83. The fourth-order valence-electron chi connectivity index (χ4n) is 2.81. The maximum atomic E-state index is 13.0. The lowest BCUT2D eigenvalue weighted by molar-refractivity contribution is -0.134. The molecule has 1 aromatic carbocycles. The Morgan fingerprint density at radius 1 is 1.14 bits per heavy atom. The van der Waals surface area contributed by atoms with E-state index >= 15 is 0 Å². The van der Waals surface area contributed by atoms with Gasteiger partial charge in [-0.05, 0) is 12.0 Å². The number of hydrogen-bond donors (Lipinski definition) is 3. The number of benzene rings is 1. The zero-order valence-electron chi connectivity index (χ0n) is 16.6. The highest BCUT2D eigenvalue weighted by atomic mass is 16.2. The average molecular weight is 384 g/mol. The van der Waals surface area contributed by atoms with E-state index in [4.69, 9.17) is 5.73 Å². The molecule has 0 fully saturated rings. The Balaban J connectivity index is 2.15. The summed E-state index contributed by atoms with van der Waals surface area (Å²) >= 11 is 0. The number of nitrogens with one attached hydrogen (secondary N) is 2. The van der Waals surface area contributed by atoms with Crippen molar-refractivity contribution in [2.24, 2.45) is 17.1 Å². The van der Waals surface area contributed by atoms with Crippen LogP contribution in [0.3, 0.4) is 0 Å². The van der Waals surface area contributed by atoms with E-state index in [1.54, 1.807) is 6.20 Å². The largest absolute Gasteiger partial charge is 0.368 e. The van der Waals surface area contributed by atoms with Gasteiger partial charge in [0.1, 0.15) is 11.8 Å². The van der Waals surface area contributed by atoms with E-state index in [2.05, 4.69) is 15.3 Å². The monoisotopic (exact) mass is 384 g/mol. The minimum atomic E-state index is -0.879. The van der Waals surface area contributed by atoms with Crippen LogP contribution in [0.5, 0.6) is 0 Å². The first-order valence-corrected chi connectivity index (χ1v) is 9.31. The first-order valence-electron chi connectivity index (χ1n) is 9.31. The quantitative estimate of drug-likeness (QED) is 0.611. The molecule has 0 aliphatic carbocycles. The molecule has 7 heteroatoms. The van der Waals surface area contributed by atoms with Crippen LogP contribution in [-0.4, -0.2) is 33.6 Å². The molecule has 150 valence electrons. The summed E-state index contributed by atoms with van der Waals surface area (Å²) < 4.78 is 0. The van der Waals surface area contributed by atoms with Crippen LogP contribution in [0.25, 0.3) is 0 Å². The molecule has 2 atom stereocenters. The minimum absolute atomic E-state index is 0.00669. The Kier molecular flexibility index (Phi) is 7.09. The molecular formula is C21H28N4O3. The molecule has 1 heterocycles. The van der Waals surface area contributed by atoms with E-state index in [1.807, 2.05) is 51.1 Å². The number of rotatable bonds is 9. The highest BCUT2D eigenvalue weighted by Gasteiger charge is 2.30. The van der Waals surface area contributed by atoms with Crippen LogP contribution >= 0.6 is 0 Å². The van der Waals surface area contributed by atoms with E-state index in [0.717, 1.165) is 5.56 Å². The second-order valence-electron chi connectivity index (χ2n) is 8.01. The number of ketones is 1. The number of Topliss-reactive ketones (excluding diaryl/α,β-unsaturated/α-hetero) is 1. The van der Waals surface area contributed by atoms with Crippen molar-refractivity contribution in [1.82, 2.24) is 15.3 Å². The van der Waals surface area contributed by atoms with Crippen molar-refractivity contribution in [3.05, 3.63) is 54.1 Å². The van der Waals surface area contributed by atoms with Crippen LogP contribution in [-0.2, 0) is 27.2 Å². The van der Waals surface area contributed by atoms with Gasteiger partial charge in [0.2, 0.25) is 11.8 Å². The van der Waals surface area contributed by atoms with E-state index in [1.165, 1.54) is 6.33 Å². The number of aromatic nitrogens is 2. The number of imidazole rings is 1. The number of carbonyl (C=O) groups is 3. The summed E-state index contributed by atoms with van der Waals surface area (Å²) in [7, 11) is 0. The van der Waals surface area contributed by atoms with Crippen LogP contribution in [0.4, 0.5) is 0 Å². The number of nitrogens with zero attached hydrogens (tertiary/aromatic N) is 1. The Morgan fingerprint density at radius 3 is 2.36 bits per heavy atom. The predicted octanol–water partition coefficient (Wildman–Crippen LogP) is 1.79. The van der Waals surface area contributed by atoms with Crippen molar-refractivity contribution < 1.29 is 14.4 Å². The van der Waals surface area contributed by atoms with Gasteiger partial charge >= 0.3 is 0 Å². The molecular weight excluding hydrogens is 356 g/mol. The van der Waals surface area contributed by atoms with Gasteiger partial charge in [-0.1, -0.05) is 51.1 Å². The molecule has 4 N–H and O–H groups in total. The van der Waals surface area contributed by atoms with Gasteiger partial charge in [-0.3, -0.25) is 14.4 Å². The molecule has 2 aromatic rings.